The molecule has 0 bridgehead atoms. The van der Waals surface area contributed by atoms with Crippen molar-refractivity contribution in [2.24, 2.45) is 0 Å². The van der Waals surface area contributed by atoms with Gasteiger partial charge in [0.15, 0.2) is 0 Å². The molecule has 0 aliphatic rings. The smallest absolute Gasteiger partial charge is 0.293 e. The Kier molecular flexibility index (Phi) is 7.85. The van der Waals surface area contributed by atoms with E-state index >= 15 is 0 Å². The summed E-state index contributed by atoms with van der Waals surface area (Å²) in [6.45, 7) is 5.78. The first-order valence-electron chi connectivity index (χ1n) is 7.98. The molecule has 6 heteroatoms. The summed E-state index contributed by atoms with van der Waals surface area (Å²) in [5.41, 5.74) is 2.88. The van der Waals surface area contributed by atoms with E-state index in [0.717, 1.165) is 17.6 Å². The van der Waals surface area contributed by atoms with Crippen LogP contribution in [-0.2, 0) is 14.4 Å². The fraction of sp³-hybridized carbons (Fsp3) is 0.389. The van der Waals surface area contributed by atoms with Crippen LogP contribution in [0.4, 0.5) is 11.4 Å². The van der Waals surface area contributed by atoms with Crippen molar-refractivity contribution in [3.8, 4) is 0 Å². The largest absolute Gasteiger partial charge is 0.328 e. The first-order chi connectivity index (χ1) is 11.5. The van der Waals surface area contributed by atoms with Crippen molar-refractivity contribution >= 4 is 35.0 Å². The summed E-state index contributed by atoms with van der Waals surface area (Å²) in [6, 6.07) is 4.64. The third-order valence-electron chi connectivity index (χ3n) is 3.82. The summed E-state index contributed by atoms with van der Waals surface area (Å²) in [5, 5.41) is 8.07. The van der Waals surface area contributed by atoms with Crippen LogP contribution in [0.1, 0.15) is 39.2 Å². The van der Waals surface area contributed by atoms with Gasteiger partial charge in [-0.2, -0.15) is 0 Å². The Hall–Kier alpha value is -2.47. The van der Waals surface area contributed by atoms with Crippen LogP contribution in [-0.4, -0.2) is 31.2 Å². The Morgan fingerprint density at radius 2 is 2.00 bits per heavy atom. The van der Waals surface area contributed by atoms with E-state index in [2.05, 4.69) is 16.0 Å². The number of likely N-dealkylation sites (N-methyl/N-ethyl adjacent to an activating group) is 1. The average molecular weight is 331 g/mol. The van der Waals surface area contributed by atoms with E-state index in [4.69, 9.17) is 0 Å². The summed E-state index contributed by atoms with van der Waals surface area (Å²) < 4.78 is 0. The SMILES string of the molecule is C/C=C(/C)c1ccc(NC(=O)C(=O)C(CCC)NC)cc1NC=O. The lowest BCUT2D eigenvalue weighted by atomic mass is 10.0. The number of ketones is 1. The number of Topliss-reactive ketones (excluding diaryl/α,β-unsaturated/α-hetero) is 1. The van der Waals surface area contributed by atoms with Crippen LogP contribution in [0.25, 0.3) is 5.57 Å². The lowest BCUT2D eigenvalue weighted by Crippen LogP contribution is -2.41. The average Bonchev–Trinajstić information content (AvgIpc) is 2.59. The van der Waals surface area contributed by atoms with Gasteiger partial charge in [0, 0.05) is 11.3 Å². The van der Waals surface area contributed by atoms with Gasteiger partial charge in [0.1, 0.15) is 0 Å². The predicted molar refractivity (Wildman–Crippen MR) is 96.8 cm³/mol. The van der Waals surface area contributed by atoms with Crippen LogP contribution in [0.5, 0.6) is 0 Å². The van der Waals surface area contributed by atoms with Gasteiger partial charge in [0.25, 0.3) is 5.91 Å². The number of benzene rings is 1. The van der Waals surface area contributed by atoms with Gasteiger partial charge in [0.2, 0.25) is 12.2 Å². The summed E-state index contributed by atoms with van der Waals surface area (Å²) >= 11 is 0. The fourth-order valence-corrected chi connectivity index (χ4v) is 2.35. The third kappa shape index (κ3) is 5.03. The number of amides is 2. The van der Waals surface area contributed by atoms with Crippen molar-refractivity contribution in [2.75, 3.05) is 17.7 Å². The van der Waals surface area contributed by atoms with Gasteiger partial charge in [-0.15, -0.1) is 0 Å². The zero-order valence-corrected chi connectivity index (χ0v) is 14.6. The lowest BCUT2D eigenvalue weighted by molar-refractivity contribution is -0.136. The first kappa shape index (κ1) is 19.6. The molecule has 1 aromatic carbocycles. The second-order valence-corrected chi connectivity index (χ2v) is 5.44. The van der Waals surface area contributed by atoms with Crippen molar-refractivity contribution in [3.05, 3.63) is 29.8 Å². The van der Waals surface area contributed by atoms with Gasteiger partial charge in [-0.05, 0) is 45.0 Å². The molecular weight excluding hydrogens is 306 g/mol. The molecule has 1 atom stereocenters. The molecule has 0 aliphatic heterocycles. The second-order valence-electron chi connectivity index (χ2n) is 5.44. The Morgan fingerprint density at radius 1 is 1.29 bits per heavy atom. The van der Waals surface area contributed by atoms with Crippen LogP contribution in [0.2, 0.25) is 0 Å². The fourth-order valence-electron chi connectivity index (χ4n) is 2.35. The van der Waals surface area contributed by atoms with E-state index in [0.29, 0.717) is 24.2 Å². The monoisotopic (exact) mass is 331 g/mol. The lowest BCUT2D eigenvalue weighted by Gasteiger charge is -2.15. The molecule has 0 aliphatic carbocycles. The Morgan fingerprint density at radius 3 is 2.54 bits per heavy atom. The zero-order chi connectivity index (χ0) is 18.1. The molecule has 1 aromatic rings. The summed E-state index contributed by atoms with van der Waals surface area (Å²) in [5.74, 6) is -1.17. The number of hydrogen-bond donors (Lipinski definition) is 3. The first-order valence-corrected chi connectivity index (χ1v) is 7.98. The molecular formula is C18H25N3O3. The molecule has 1 unspecified atom stereocenters. The van der Waals surface area contributed by atoms with E-state index in [9.17, 15) is 14.4 Å². The summed E-state index contributed by atoms with van der Waals surface area (Å²) in [6.07, 6.45) is 3.90. The van der Waals surface area contributed by atoms with E-state index in [-0.39, 0.29) is 0 Å². The summed E-state index contributed by atoms with van der Waals surface area (Å²) in [4.78, 5) is 35.1. The van der Waals surface area contributed by atoms with Gasteiger partial charge >= 0.3 is 0 Å². The highest BCUT2D eigenvalue weighted by Crippen LogP contribution is 2.26. The van der Waals surface area contributed by atoms with Gasteiger partial charge < -0.3 is 16.0 Å². The normalized spacial score (nSPS) is 12.4. The van der Waals surface area contributed by atoms with E-state index in [1.165, 1.54) is 0 Å². The molecule has 3 N–H and O–H groups in total. The molecule has 2 amide bonds. The number of carbonyl (C=O) groups excluding carboxylic acids is 3. The highest BCUT2D eigenvalue weighted by atomic mass is 16.2. The number of allylic oxidation sites excluding steroid dienone is 2. The molecule has 0 aromatic heterocycles. The number of carbonyl (C=O) groups is 3. The van der Waals surface area contributed by atoms with Gasteiger partial charge in [-0.1, -0.05) is 25.5 Å². The minimum Gasteiger partial charge on any atom is -0.328 e. The molecule has 1 rings (SSSR count). The molecule has 24 heavy (non-hydrogen) atoms. The molecule has 130 valence electrons. The standard InChI is InChI=1S/C18H25N3O3/c1-5-7-15(19-4)17(23)18(24)21-13-8-9-14(12(3)6-2)16(10-13)20-11-22/h6,8-11,15,19H,5,7H2,1-4H3,(H,20,22)(H,21,24)/b12-6-. The van der Waals surface area contributed by atoms with Crippen molar-refractivity contribution < 1.29 is 14.4 Å². The van der Waals surface area contributed by atoms with Crippen molar-refractivity contribution in [1.82, 2.24) is 5.32 Å². The van der Waals surface area contributed by atoms with E-state index in [1.54, 1.807) is 25.2 Å². The molecule has 0 spiro atoms. The minimum atomic E-state index is -0.671. The topological polar surface area (TPSA) is 87.3 Å². The quantitative estimate of drug-likeness (QED) is 0.479. The molecule has 0 fully saturated rings. The number of nitrogens with one attached hydrogen (secondary N) is 3. The van der Waals surface area contributed by atoms with Crippen LogP contribution >= 0.6 is 0 Å². The maximum absolute atomic E-state index is 12.1. The number of hydrogen-bond acceptors (Lipinski definition) is 4. The Labute approximate surface area is 142 Å². The molecule has 0 heterocycles. The Bertz CT molecular complexity index is 638. The van der Waals surface area contributed by atoms with E-state index in [1.807, 2.05) is 26.8 Å². The van der Waals surface area contributed by atoms with Gasteiger partial charge in [0.05, 0.1) is 11.7 Å². The van der Waals surface area contributed by atoms with Crippen molar-refractivity contribution in [3.63, 3.8) is 0 Å². The second kappa shape index (κ2) is 9.62. The highest BCUT2D eigenvalue weighted by molar-refractivity contribution is 6.42. The maximum atomic E-state index is 12.1. The maximum Gasteiger partial charge on any atom is 0.293 e. The molecule has 0 saturated heterocycles. The minimum absolute atomic E-state index is 0.455. The van der Waals surface area contributed by atoms with Crippen molar-refractivity contribution in [2.45, 2.75) is 39.7 Å². The van der Waals surface area contributed by atoms with Crippen LogP contribution in [0, 0.1) is 0 Å². The van der Waals surface area contributed by atoms with Crippen LogP contribution < -0.4 is 16.0 Å². The van der Waals surface area contributed by atoms with Gasteiger partial charge in [-0.3, -0.25) is 14.4 Å². The third-order valence-corrected chi connectivity index (χ3v) is 3.82. The van der Waals surface area contributed by atoms with Crippen LogP contribution in [0.3, 0.4) is 0 Å². The van der Waals surface area contributed by atoms with Crippen LogP contribution in [0.15, 0.2) is 24.3 Å². The summed E-state index contributed by atoms with van der Waals surface area (Å²) in [7, 11) is 1.66. The Balaban J connectivity index is 2.99. The zero-order valence-electron chi connectivity index (χ0n) is 14.6. The predicted octanol–water partition coefficient (Wildman–Crippen LogP) is 2.57. The van der Waals surface area contributed by atoms with Crippen molar-refractivity contribution in [1.29, 1.82) is 0 Å². The molecule has 0 saturated carbocycles. The molecule has 0 radical (unpaired) electrons. The van der Waals surface area contributed by atoms with E-state index < -0.39 is 17.7 Å². The molecule has 6 nitrogen and oxygen atoms in total. The number of anilines is 2. The number of rotatable bonds is 9. The highest BCUT2D eigenvalue weighted by Gasteiger charge is 2.23. The van der Waals surface area contributed by atoms with Gasteiger partial charge in [-0.25, -0.2) is 0 Å².